The molecule has 0 heterocycles. The number of nitrogens with one attached hydrogen (secondary N) is 1. The van der Waals surface area contributed by atoms with Crippen LogP contribution in [-0.2, 0) is 14.8 Å². The first-order chi connectivity index (χ1) is 9.65. The maximum absolute atomic E-state index is 13.6. The predicted molar refractivity (Wildman–Crippen MR) is 71.9 cm³/mol. The number of carboxylic acid groups (broad SMARTS) is 1. The molecule has 116 valence electrons. The summed E-state index contributed by atoms with van der Waals surface area (Å²) in [5.74, 6) is -2.72. The van der Waals surface area contributed by atoms with Crippen molar-refractivity contribution in [2.24, 2.45) is 0 Å². The molecule has 2 N–H and O–H groups in total. The number of hydrogen-bond acceptors (Lipinski definition) is 4. The zero-order valence-corrected chi connectivity index (χ0v) is 12.3. The van der Waals surface area contributed by atoms with E-state index in [4.69, 9.17) is 5.11 Å². The number of aromatic carboxylic acids is 1. The van der Waals surface area contributed by atoms with Crippen molar-refractivity contribution in [1.82, 2.24) is 9.62 Å². The van der Waals surface area contributed by atoms with Crippen molar-refractivity contribution in [2.75, 3.05) is 20.6 Å². The van der Waals surface area contributed by atoms with Gasteiger partial charge in [-0.25, -0.2) is 22.3 Å². The Balaban J connectivity index is 2.90. The fourth-order valence-electron chi connectivity index (χ4n) is 1.44. The van der Waals surface area contributed by atoms with Crippen LogP contribution >= 0.6 is 0 Å². The highest BCUT2D eigenvalue weighted by Gasteiger charge is 2.21. The van der Waals surface area contributed by atoms with Crippen LogP contribution in [0.4, 0.5) is 4.39 Å². The van der Waals surface area contributed by atoms with Crippen LogP contribution in [0.2, 0.25) is 0 Å². The first-order valence-corrected chi connectivity index (χ1v) is 7.36. The number of rotatable bonds is 6. The maximum atomic E-state index is 13.6. The van der Waals surface area contributed by atoms with Gasteiger partial charge in [0.25, 0.3) is 0 Å². The Hall–Kier alpha value is -2.00. The van der Waals surface area contributed by atoms with E-state index in [1.54, 1.807) is 0 Å². The lowest BCUT2D eigenvalue weighted by atomic mass is 10.2. The molecule has 0 spiro atoms. The first-order valence-electron chi connectivity index (χ1n) is 5.88. The number of hydrogen-bond donors (Lipinski definition) is 2. The molecule has 0 aliphatic carbocycles. The standard InChI is InChI=1S/C12H15FN2O5S/c1-15(2)11(16)5-6-14-21(19,20)10-7-8(12(17)18)3-4-9(10)13/h3-4,7,14H,5-6H2,1-2H3,(H,17,18). The van der Waals surface area contributed by atoms with Gasteiger partial charge < -0.3 is 10.0 Å². The first kappa shape index (κ1) is 17.1. The molecule has 1 rings (SSSR count). The van der Waals surface area contributed by atoms with E-state index in [1.807, 2.05) is 0 Å². The van der Waals surface area contributed by atoms with E-state index in [1.165, 1.54) is 19.0 Å². The fraction of sp³-hybridized carbons (Fsp3) is 0.333. The van der Waals surface area contributed by atoms with Gasteiger partial charge in [-0.1, -0.05) is 0 Å². The predicted octanol–water partition coefficient (Wildman–Crippen LogP) is 0.281. The number of benzene rings is 1. The molecule has 1 aromatic rings. The van der Waals surface area contributed by atoms with Crippen LogP contribution in [0, 0.1) is 5.82 Å². The Morgan fingerprint density at radius 1 is 1.33 bits per heavy atom. The number of carboxylic acids is 1. The average Bonchev–Trinajstić information content (AvgIpc) is 2.38. The third kappa shape index (κ3) is 4.50. The highest BCUT2D eigenvalue weighted by Crippen LogP contribution is 2.16. The zero-order valence-electron chi connectivity index (χ0n) is 11.5. The second kappa shape index (κ2) is 6.64. The molecule has 0 bridgehead atoms. The van der Waals surface area contributed by atoms with Crippen molar-refractivity contribution >= 4 is 21.9 Å². The second-order valence-corrected chi connectivity index (χ2v) is 6.12. The van der Waals surface area contributed by atoms with E-state index in [0.717, 1.165) is 18.2 Å². The number of nitrogens with zero attached hydrogens (tertiary/aromatic N) is 1. The minimum absolute atomic E-state index is 0.0908. The monoisotopic (exact) mass is 318 g/mol. The molecule has 9 heteroatoms. The molecule has 0 saturated heterocycles. The summed E-state index contributed by atoms with van der Waals surface area (Å²) in [6.45, 7) is -0.212. The van der Waals surface area contributed by atoms with E-state index < -0.39 is 26.7 Å². The van der Waals surface area contributed by atoms with Crippen molar-refractivity contribution in [3.63, 3.8) is 0 Å². The van der Waals surface area contributed by atoms with Gasteiger partial charge in [-0.2, -0.15) is 0 Å². The van der Waals surface area contributed by atoms with Gasteiger partial charge in [-0.3, -0.25) is 4.79 Å². The summed E-state index contributed by atoms with van der Waals surface area (Å²) in [4.78, 5) is 22.6. The Morgan fingerprint density at radius 2 is 1.95 bits per heavy atom. The molecule has 1 amide bonds. The van der Waals surface area contributed by atoms with Crippen molar-refractivity contribution < 1.29 is 27.5 Å². The lowest BCUT2D eigenvalue weighted by Gasteiger charge is -2.11. The normalized spacial score (nSPS) is 11.2. The molecule has 0 atom stereocenters. The molecular weight excluding hydrogens is 303 g/mol. The maximum Gasteiger partial charge on any atom is 0.335 e. The van der Waals surface area contributed by atoms with Crippen LogP contribution in [0.1, 0.15) is 16.8 Å². The molecule has 21 heavy (non-hydrogen) atoms. The summed E-state index contributed by atoms with van der Waals surface area (Å²) in [6.07, 6.45) is -0.0908. The number of carbonyl (C=O) groups is 2. The van der Waals surface area contributed by atoms with Crippen molar-refractivity contribution in [3.05, 3.63) is 29.6 Å². The molecule has 1 aromatic carbocycles. The van der Waals surface area contributed by atoms with Gasteiger partial charge in [-0.05, 0) is 18.2 Å². The molecule has 0 radical (unpaired) electrons. The van der Waals surface area contributed by atoms with Gasteiger partial charge >= 0.3 is 5.97 Å². The molecule has 0 aliphatic rings. The molecule has 0 aromatic heterocycles. The highest BCUT2D eigenvalue weighted by atomic mass is 32.2. The number of amides is 1. The van der Waals surface area contributed by atoms with Gasteiger partial charge in [-0.15, -0.1) is 0 Å². The van der Waals surface area contributed by atoms with Crippen LogP contribution in [0.15, 0.2) is 23.1 Å². The van der Waals surface area contributed by atoms with Gasteiger partial charge in [0.15, 0.2) is 0 Å². The van der Waals surface area contributed by atoms with Crippen LogP contribution in [0.25, 0.3) is 0 Å². The largest absolute Gasteiger partial charge is 0.478 e. The Bertz CT molecular complexity index is 658. The Kier molecular flexibility index (Phi) is 5.39. The summed E-state index contributed by atoms with van der Waals surface area (Å²) < 4.78 is 39.4. The van der Waals surface area contributed by atoms with Gasteiger partial charge in [0.2, 0.25) is 15.9 Å². The van der Waals surface area contributed by atoms with Crippen LogP contribution in [0.5, 0.6) is 0 Å². The topological polar surface area (TPSA) is 104 Å². The van der Waals surface area contributed by atoms with Gasteiger partial charge in [0, 0.05) is 27.1 Å². The smallest absolute Gasteiger partial charge is 0.335 e. The summed E-state index contributed by atoms with van der Waals surface area (Å²) in [6, 6.07) is 2.46. The number of carbonyl (C=O) groups excluding carboxylic acids is 1. The van der Waals surface area contributed by atoms with Gasteiger partial charge in [0.05, 0.1) is 5.56 Å². The fourth-order valence-corrected chi connectivity index (χ4v) is 2.57. The van der Waals surface area contributed by atoms with E-state index in [2.05, 4.69) is 4.72 Å². The molecule has 0 fully saturated rings. The van der Waals surface area contributed by atoms with E-state index >= 15 is 0 Å². The van der Waals surface area contributed by atoms with E-state index in [-0.39, 0.29) is 24.4 Å². The Labute approximate surface area is 121 Å². The molecule has 0 aliphatic heterocycles. The molecule has 7 nitrogen and oxygen atoms in total. The van der Waals surface area contributed by atoms with Crippen LogP contribution in [0.3, 0.4) is 0 Å². The third-order valence-corrected chi connectivity index (χ3v) is 4.07. The second-order valence-electron chi connectivity index (χ2n) is 4.39. The summed E-state index contributed by atoms with van der Waals surface area (Å²) in [5.41, 5.74) is -0.346. The average molecular weight is 318 g/mol. The van der Waals surface area contributed by atoms with Crippen molar-refractivity contribution in [1.29, 1.82) is 0 Å². The summed E-state index contributed by atoms with van der Waals surface area (Å²) in [5, 5.41) is 8.79. The summed E-state index contributed by atoms with van der Waals surface area (Å²) >= 11 is 0. The lowest BCUT2D eigenvalue weighted by molar-refractivity contribution is -0.128. The number of sulfonamides is 1. The summed E-state index contributed by atoms with van der Waals surface area (Å²) in [7, 11) is -1.19. The van der Waals surface area contributed by atoms with Crippen molar-refractivity contribution in [2.45, 2.75) is 11.3 Å². The molecular formula is C12H15FN2O5S. The van der Waals surface area contributed by atoms with Crippen molar-refractivity contribution in [3.8, 4) is 0 Å². The highest BCUT2D eigenvalue weighted by molar-refractivity contribution is 7.89. The Morgan fingerprint density at radius 3 is 2.48 bits per heavy atom. The molecule has 0 saturated carbocycles. The minimum Gasteiger partial charge on any atom is -0.478 e. The minimum atomic E-state index is -4.23. The third-order valence-electron chi connectivity index (χ3n) is 2.60. The number of halogens is 1. The quantitative estimate of drug-likeness (QED) is 0.784. The van der Waals surface area contributed by atoms with Gasteiger partial charge in [0.1, 0.15) is 10.7 Å². The lowest BCUT2D eigenvalue weighted by Crippen LogP contribution is -2.30. The van der Waals surface area contributed by atoms with Crippen LogP contribution < -0.4 is 4.72 Å². The SMILES string of the molecule is CN(C)C(=O)CCNS(=O)(=O)c1cc(C(=O)O)ccc1F. The molecule has 0 unspecified atom stereocenters. The van der Waals surface area contributed by atoms with Crippen LogP contribution in [-0.4, -0.2) is 50.9 Å². The zero-order chi connectivity index (χ0) is 16.2. The van der Waals surface area contributed by atoms with E-state index in [9.17, 15) is 22.4 Å². The van der Waals surface area contributed by atoms with E-state index in [0.29, 0.717) is 0 Å².